The lowest BCUT2D eigenvalue weighted by molar-refractivity contribution is -0.385. The van der Waals surface area contributed by atoms with E-state index in [9.17, 15) is 10.1 Å². The third kappa shape index (κ3) is 4.05. The highest BCUT2D eigenvalue weighted by molar-refractivity contribution is 5.92. The largest absolute Gasteiger partial charge is 0.370 e. The minimum absolute atomic E-state index is 0.0467. The van der Waals surface area contributed by atoms with Crippen molar-refractivity contribution in [3.63, 3.8) is 0 Å². The van der Waals surface area contributed by atoms with Crippen molar-refractivity contribution in [3.8, 4) is 0 Å². The Hall–Kier alpha value is -2.89. The molecule has 3 N–H and O–H groups in total. The molecule has 0 aliphatic carbocycles. The highest BCUT2D eigenvalue weighted by Crippen LogP contribution is 2.18. The van der Waals surface area contributed by atoms with Crippen molar-refractivity contribution in [1.29, 1.82) is 0 Å². The van der Waals surface area contributed by atoms with Crippen LogP contribution in [0.5, 0.6) is 0 Å². The Labute approximate surface area is 128 Å². The van der Waals surface area contributed by atoms with Crippen LogP contribution in [0.25, 0.3) is 0 Å². The SMILES string of the molecule is Cc1cc(C)cc(NC(N)=NCc2ccccc2[N+](=O)[O-])c1. The van der Waals surface area contributed by atoms with Crippen molar-refractivity contribution >= 4 is 17.3 Å². The number of guanidine groups is 1. The Kier molecular flexibility index (Phi) is 4.73. The average molecular weight is 298 g/mol. The molecule has 0 bridgehead atoms. The van der Waals surface area contributed by atoms with Gasteiger partial charge in [0.05, 0.1) is 17.0 Å². The van der Waals surface area contributed by atoms with Crippen LogP contribution < -0.4 is 11.1 Å². The van der Waals surface area contributed by atoms with Crippen LogP contribution in [0.3, 0.4) is 0 Å². The smallest absolute Gasteiger partial charge is 0.274 e. The molecule has 0 heterocycles. The van der Waals surface area contributed by atoms with E-state index in [4.69, 9.17) is 5.73 Å². The quantitative estimate of drug-likeness (QED) is 0.392. The van der Waals surface area contributed by atoms with Gasteiger partial charge in [-0.25, -0.2) is 4.99 Å². The molecule has 6 nitrogen and oxygen atoms in total. The first-order valence-electron chi connectivity index (χ1n) is 6.83. The van der Waals surface area contributed by atoms with Crippen LogP contribution in [0.2, 0.25) is 0 Å². The van der Waals surface area contributed by atoms with Gasteiger partial charge in [-0.05, 0) is 37.1 Å². The van der Waals surface area contributed by atoms with Gasteiger partial charge >= 0.3 is 0 Å². The Bertz CT molecular complexity index is 706. The first-order valence-corrected chi connectivity index (χ1v) is 6.83. The fraction of sp³-hybridized carbons (Fsp3) is 0.188. The maximum Gasteiger partial charge on any atom is 0.274 e. The lowest BCUT2D eigenvalue weighted by Gasteiger charge is -2.08. The first kappa shape index (κ1) is 15.5. The maximum atomic E-state index is 10.9. The number of benzene rings is 2. The van der Waals surface area contributed by atoms with Crippen molar-refractivity contribution in [2.75, 3.05) is 5.32 Å². The predicted molar refractivity (Wildman–Crippen MR) is 88.0 cm³/mol. The van der Waals surface area contributed by atoms with Gasteiger partial charge in [-0.1, -0.05) is 24.3 Å². The number of hydrogen-bond donors (Lipinski definition) is 2. The number of nitrogens with two attached hydrogens (primary N) is 1. The van der Waals surface area contributed by atoms with Crippen LogP contribution in [0.1, 0.15) is 16.7 Å². The summed E-state index contributed by atoms with van der Waals surface area (Å²) in [7, 11) is 0. The summed E-state index contributed by atoms with van der Waals surface area (Å²) < 4.78 is 0. The molecule has 2 rings (SSSR count). The van der Waals surface area contributed by atoms with Crippen LogP contribution in [0.15, 0.2) is 47.5 Å². The molecule has 0 saturated heterocycles. The molecule has 0 aromatic heterocycles. The first-order chi connectivity index (χ1) is 10.5. The number of anilines is 1. The van der Waals surface area contributed by atoms with Crippen LogP contribution in [0.4, 0.5) is 11.4 Å². The van der Waals surface area contributed by atoms with E-state index in [1.807, 2.05) is 26.0 Å². The van der Waals surface area contributed by atoms with E-state index in [0.717, 1.165) is 16.8 Å². The van der Waals surface area contributed by atoms with Gasteiger partial charge in [0, 0.05) is 11.8 Å². The lowest BCUT2D eigenvalue weighted by atomic mass is 10.1. The Morgan fingerprint density at radius 1 is 1.23 bits per heavy atom. The number of aliphatic imine (C=N–C) groups is 1. The van der Waals surface area contributed by atoms with Gasteiger partial charge in [-0.3, -0.25) is 10.1 Å². The third-order valence-corrected chi connectivity index (χ3v) is 3.10. The van der Waals surface area contributed by atoms with Gasteiger partial charge in [0.15, 0.2) is 5.96 Å². The lowest BCUT2D eigenvalue weighted by Crippen LogP contribution is -2.22. The Balaban J connectivity index is 2.12. The number of nitrogens with one attached hydrogen (secondary N) is 1. The summed E-state index contributed by atoms with van der Waals surface area (Å²) in [5, 5.41) is 13.9. The summed E-state index contributed by atoms with van der Waals surface area (Å²) in [6.07, 6.45) is 0. The van der Waals surface area contributed by atoms with E-state index < -0.39 is 4.92 Å². The van der Waals surface area contributed by atoms with Crippen LogP contribution >= 0.6 is 0 Å². The highest BCUT2D eigenvalue weighted by Gasteiger charge is 2.11. The molecule has 22 heavy (non-hydrogen) atoms. The molecule has 0 spiro atoms. The molecule has 0 aliphatic rings. The number of aryl methyl sites for hydroxylation is 2. The van der Waals surface area contributed by atoms with E-state index >= 15 is 0 Å². The van der Waals surface area contributed by atoms with E-state index in [0.29, 0.717) is 5.56 Å². The summed E-state index contributed by atoms with van der Waals surface area (Å²) in [6, 6.07) is 12.5. The van der Waals surface area contributed by atoms with Gasteiger partial charge < -0.3 is 11.1 Å². The highest BCUT2D eigenvalue weighted by atomic mass is 16.6. The summed E-state index contributed by atoms with van der Waals surface area (Å²) in [5.41, 5.74) is 9.51. The average Bonchev–Trinajstić information content (AvgIpc) is 2.44. The number of rotatable bonds is 4. The van der Waals surface area contributed by atoms with E-state index in [-0.39, 0.29) is 18.2 Å². The molecule has 2 aromatic rings. The molecular weight excluding hydrogens is 280 g/mol. The molecule has 0 aliphatic heterocycles. The number of nitrogens with zero attached hydrogens (tertiary/aromatic N) is 2. The second-order valence-corrected chi connectivity index (χ2v) is 5.09. The molecule has 0 unspecified atom stereocenters. The Morgan fingerprint density at radius 2 is 1.86 bits per heavy atom. The fourth-order valence-corrected chi connectivity index (χ4v) is 2.23. The molecule has 0 amide bonds. The van der Waals surface area contributed by atoms with Crippen LogP contribution in [0, 0.1) is 24.0 Å². The van der Waals surface area contributed by atoms with Crippen molar-refractivity contribution < 1.29 is 4.92 Å². The van der Waals surface area contributed by atoms with Crippen LogP contribution in [-0.2, 0) is 6.54 Å². The maximum absolute atomic E-state index is 10.9. The summed E-state index contributed by atoms with van der Waals surface area (Å²) in [4.78, 5) is 14.7. The second kappa shape index (κ2) is 6.71. The zero-order valence-electron chi connectivity index (χ0n) is 12.5. The molecule has 6 heteroatoms. The van der Waals surface area contributed by atoms with Crippen molar-refractivity contribution in [2.24, 2.45) is 10.7 Å². The monoisotopic (exact) mass is 298 g/mol. The van der Waals surface area contributed by atoms with E-state index in [2.05, 4.69) is 16.4 Å². The minimum atomic E-state index is -0.418. The van der Waals surface area contributed by atoms with Crippen molar-refractivity contribution in [1.82, 2.24) is 0 Å². The zero-order valence-corrected chi connectivity index (χ0v) is 12.5. The summed E-state index contributed by atoms with van der Waals surface area (Å²) in [5.74, 6) is 0.225. The molecule has 0 saturated carbocycles. The molecule has 2 aromatic carbocycles. The number of para-hydroxylation sites is 1. The molecule has 0 atom stereocenters. The van der Waals surface area contributed by atoms with E-state index in [1.54, 1.807) is 18.2 Å². The van der Waals surface area contributed by atoms with Gasteiger partial charge in [-0.15, -0.1) is 0 Å². The van der Waals surface area contributed by atoms with Crippen molar-refractivity contribution in [3.05, 3.63) is 69.3 Å². The topological polar surface area (TPSA) is 93.5 Å². The summed E-state index contributed by atoms with van der Waals surface area (Å²) in [6.45, 7) is 4.15. The molecule has 0 fully saturated rings. The van der Waals surface area contributed by atoms with Crippen LogP contribution in [-0.4, -0.2) is 10.9 Å². The Morgan fingerprint density at radius 3 is 2.50 bits per heavy atom. The molecule has 114 valence electrons. The second-order valence-electron chi connectivity index (χ2n) is 5.09. The predicted octanol–water partition coefficient (Wildman–Crippen LogP) is 3.14. The molecular formula is C16H18N4O2. The number of nitro benzene ring substituents is 1. The van der Waals surface area contributed by atoms with Gasteiger partial charge in [-0.2, -0.15) is 0 Å². The third-order valence-electron chi connectivity index (χ3n) is 3.10. The molecule has 0 radical (unpaired) electrons. The normalized spacial score (nSPS) is 11.3. The minimum Gasteiger partial charge on any atom is -0.370 e. The van der Waals surface area contributed by atoms with Crippen molar-refractivity contribution in [2.45, 2.75) is 20.4 Å². The number of nitro groups is 1. The summed E-state index contributed by atoms with van der Waals surface area (Å²) >= 11 is 0. The number of hydrogen-bond acceptors (Lipinski definition) is 3. The van der Waals surface area contributed by atoms with Gasteiger partial charge in [0.2, 0.25) is 0 Å². The van der Waals surface area contributed by atoms with E-state index in [1.165, 1.54) is 6.07 Å². The zero-order chi connectivity index (χ0) is 16.1. The van der Waals surface area contributed by atoms with Gasteiger partial charge in [0.25, 0.3) is 5.69 Å². The van der Waals surface area contributed by atoms with Gasteiger partial charge in [0.1, 0.15) is 0 Å². The fourth-order valence-electron chi connectivity index (χ4n) is 2.23. The standard InChI is InChI=1S/C16H18N4O2/c1-11-7-12(2)9-14(8-11)19-16(17)18-10-13-5-3-4-6-15(13)20(21)22/h3-9H,10H2,1-2H3,(H3,17,18,19).